The van der Waals surface area contributed by atoms with E-state index in [-0.39, 0.29) is 12.0 Å². The molecule has 4 rings (SSSR count). The molecule has 7 heteroatoms. The van der Waals surface area contributed by atoms with Crippen molar-refractivity contribution in [3.8, 4) is 17.2 Å². The van der Waals surface area contributed by atoms with Gasteiger partial charge in [0, 0.05) is 17.9 Å². The summed E-state index contributed by atoms with van der Waals surface area (Å²) in [6.07, 6.45) is 3.39. The third-order valence-electron chi connectivity index (χ3n) is 4.31. The predicted molar refractivity (Wildman–Crippen MR) is 98.6 cm³/mol. The molecule has 1 aliphatic heterocycles. The first kappa shape index (κ1) is 17.2. The van der Waals surface area contributed by atoms with Gasteiger partial charge in [0.2, 0.25) is 12.3 Å². The highest BCUT2D eigenvalue weighted by Gasteiger charge is 2.18. The van der Waals surface area contributed by atoms with Crippen molar-refractivity contribution in [1.29, 1.82) is 0 Å². The fourth-order valence-corrected chi connectivity index (χ4v) is 2.97. The van der Waals surface area contributed by atoms with E-state index in [1.54, 1.807) is 24.3 Å². The van der Waals surface area contributed by atoms with Crippen molar-refractivity contribution in [2.75, 3.05) is 18.5 Å². The lowest BCUT2D eigenvalue weighted by Gasteiger charge is -2.14. The van der Waals surface area contributed by atoms with Crippen LogP contribution in [0.15, 0.2) is 59.3 Å². The topological polar surface area (TPSA) is 86.5 Å². The van der Waals surface area contributed by atoms with Crippen LogP contribution in [-0.4, -0.2) is 35.4 Å². The van der Waals surface area contributed by atoms with Crippen LogP contribution in [0.4, 0.5) is 5.69 Å². The summed E-state index contributed by atoms with van der Waals surface area (Å²) < 4.78 is 16.6. The lowest BCUT2D eigenvalue weighted by atomic mass is 10.1. The number of benzene rings is 2. The molecule has 1 aromatic heterocycles. The Labute approximate surface area is 156 Å². The second-order valence-corrected chi connectivity index (χ2v) is 6.22. The quantitative estimate of drug-likeness (QED) is 0.719. The van der Waals surface area contributed by atoms with Crippen LogP contribution in [0.5, 0.6) is 5.75 Å². The number of aromatic nitrogens is 2. The number of carbonyl (C=O) groups is 1. The Bertz CT molecular complexity index is 905. The van der Waals surface area contributed by atoms with Gasteiger partial charge < -0.3 is 19.2 Å². The molecule has 0 unspecified atom stereocenters. The normalized spacial score (nSPS) is 16.2. The lowest BCUT2D eigenvalue weighted by Crippen LogP contribution is -2.19. The summed E-state index contributed by atoms with van der Waals surface area (Å²) in [5.41, 5.74) is 1.83. The van der Waals surface area contributed by atoms with E-state index in [2.05, 4.69) is 15.5 Å². The monoisotopic (exact) mass is 365 g/mol. The Morgan fingerprint density at radius 3 is 2.96 bits per heavy atom. The van der Waals surface area contributed by atoms with Crippen LogP contribution in [0.1, 0.15) is 23.2 Å². The molecule has 138 valence electrons. The molecule has 3 aromatic rings. The van der Waals surface area contributed by atoms with Crippen molar-refractivity contribution in [2.24, 2.45) is 0 Å². The molecule has 1 fully saturated rings. The van der Waals surface area contributed by atoms with E-state index in [9.17, 15) is 4.79 Å². The fraction of sp³-hybridized carbons (Fsp3) is 0.250. The van der Waals surface area contributed by atoms with E-state index in [1.165, 1.54) is 6.39 Å². The summed E-state index contributed by atoms with van der Waals surface area (Å²) in [6, 6.07) is 14.4. The fourth-order valence-electron chi connectivity index (χ4n) is 2.97. The van der Waals surface area contributed by atoms with Gasteiger partial charge in [0.05, 0.1) is 11.7 Å². The Morgan fingerprint density at radius 2 is 2.15 bits per heavy atom. The van der Waals surface area contributed by atoms with E-state index < -0.39 is 0 Å². The summed E-state index contributed by atoms with van der Waals surface area (Å²) in [6.45, 7) is 1.21. The van der Waals surface area contributed by atoms with Gasteiger partial charge in [-0.25, -0.2) is 0 Å². The van der Waals surface area contributed by atoms with Crippen LogP contribution in [-0.2, 0) is 4.74 Å². The largest absolute Gasteiger partial charge is 0.490 e. The second-order valence-electron chi connectivity index (χ2n) is 6.22. The van der Waals surface area contributed by atoms with Crippen LogP contribution in [0, 0.1) is 0 Å². The number of nitrogens with zero attached hydrogens (tertiary/aromatic N) is 2. The van der Waals surface area contributed by atoms with Crippen molar-refractivity contribution < 1.29 is 18.7 Å². The number of amides is 1. The number of para-hydroxylation sites is 1. The summed E-state index contributed by atoms with van der Waals surface area (Å²) in [5.74, 6) is 0.686. The van der Waals surface area contributed by atoms with Gasteiger partial charge in [-0.3, -0.25) is 4.79 Å². The SMILES string of the molecule is O=C(Nc1cccc(-c2nnco2)c1)c1ccccc1OC[C@@H]1CCCO1. The summed E-state index contributed by atoms with van der Waals surface area (Å²) in [7, 11) is 0. The maximum absolute atomic E-state index is 12.8. The zero-order valence-corrected chi connectivity index (χ0v) is 14.6. The molecule has 1 N–H and O–H groups in total. The minimum Gasteiger partial charge on any atom is -0.490 e. The first-order chi connectivity index (χ1) is 13.3. The molecule has 0 spiro atoms. The van der Waals surface area contributed by atoms with Gasteiger partial charge in [0.15, 0.2) is 0 Å². The maximum Gasteiger partial charge on any atom is 0.259 e. The summed E-state index contributed by atoms with van der Waals surface area (Å²) in [5, 5.41) is 10.4. The van der Waals surface area contributed by atoms with E-state index in [4.69, 9.17) is 13.9 Å². The number of carbonyl (C=O) groups excluding carboxylic acids is 1. The van der Waals surface area contributed by atoms with Gasteiger partial charge in [-0.1, -0.05) is 18.2 Å². The van der Waals surface area contributed by atoms with Crippen LogP contribution in [0.25, 0.3) is 11.5 Å². The molecular weight excluding hydrogens is 346 g/mol. The van der Waals surface area contributed by atoms with Gasteiger partial charge in [0.25, 0.3) is 5.91 Å². The molecule has 0 radical (unpaired) electrons. The molecule has 1 aliphatic rings. The number of hydrogen-bond donors (Lipinski definition) is 1. The van der Waals surface area contributed by atoms with Crippen LogP contribution < -0.4 is 10.1 Å². The Hall–Kier alpha value is -3.19. The van der Waals surface area contributed by atoms with Crippen molar-refractivity contribution in [1.82, 2.24) is 10.2 Å². The average molecular weight is 365 g/mol. The molecule has 1 saturated heterocycles. The minimum atomic E-state index is -0.249. The van der Waals surface area contributed by atoms with Crippen molar-refractivity contribution in [3.63, 3.8) is 0 Å². The van der Waals surface area contributed by atoms with Gasteiger partial charge in [-0.05, 0) is 43.2 Å². The lowest BCUT2D eigenvalue weighted by molar-refractivity contribution is 0.0673. The molecule has 1 amide bonds. The number of rotatable bonds is 6. The van der Waals surface area contributed by atoms with Gasteiger partial charge >= 0.3 is 0 Å². The van der Waals surface area contributed by atoms with Gasteiger partial charge in [-0.15, -0.1) is 10.2 Å². The van der Waals surface area contributed by atoms with E-state index in [0.29, 0.717) is 29.5 Å². The van der Waals surface area contributed by atoms with E-state index in [1.807, 2.05) is 24.3 Å². The van der Waals surface area contributed by atoms with Crippen LogP contribution in [0.2, 0.25) is 0 Å². The number of anilines is 1. The highest BCUT2D eigenvalue weighted by atomic mass is 16.5. The second kappa shape index (κ2) is 8.01. The van der Waals surface area contributed by atoms with Gasteiger partial charge in [-0.2, -0.15) is 0 Å². The third kappa shape index (κ3) is 4.15. The number of nitrogens with one attached hydrogen (secondary N) is 1. The Balaban J connectivity index is 1.47. The highest BCUT2D eigenvalue weighted by molar-refractivity contribution is 6.06. The molecule has 1 atom stereocenters. The minimum absolute atomic E-state index is 0.0900. The predicted octanol–water partition coefficient (Wildman–Crippen LogP) is 3.55. The molecule has 0 bridgehead atoms. The van der Waals surface area contributed by atoms with Crippen LogP contribution >= 0.6 is 0 Å². The first-order valence-electron chi connectivity index (χ1n) is 8.81. The van der Waals surface area contributed by atoms with E-state index >= 15 is 0 Å². The number of ether oxygens (including phenoxy) is 2. The zero-order chi connectivity index (χ0) is 18.5. The Morgan fingerprint density at radius 1 is 1.22 bits per heavy atom. The molecule has 0 saturated carbocycles. The molecule has 0 aliphatic carbocycles. The number of hydrogen-bond acceptors (Lipinski definition) is 6. The third-order valence-corrected chi connectivity index (χ3v) is 4.31. The molecular formula is C20H19N3O4. The van der Waals surface area contributed by atoms with E-state index in [0.717, 1.165) is 25.0 Å². The zero-order valence-electron chi connectivity index (χ0n) is 14.6. The molecule has 2 aromatic carbocycles. The van der Waals surface area contributed by atoms with Crippen molar-refractivity contribution in [2.45, 2.75) is 18.9 Å². The van der Waals surface area contributed by atoms with Crippen LogP contribution in [0.3, 0.4) is 0 Å². The average Bonchev–Trinajstić information content (AvgIpc) is 3.41. The first-order valence-corrected chi connectivity index (χ1v) is 8.81. The van der Waals surface area contributed by atoms with Crippen molar-refractivity contribution >= 4 is 11.6 Å². The van der Waals surface area contributed by atoms with Crippen molar-refractivity contribution in [3.05, 3.63) is 60.5 Å². The molecule has 2 heterocycles. The maximum atomic E-state index is 12.8. The standard InChI is InChI=1S/C20H19N3O4/c24-19(22-15-6-3-5-14(11-15)20-23-21-13-27-20)17-8-1-2-9-18(17)26-12-16-7-4-10-25-16/h1-3,5-6,8-9,11,13,16H,4,7,10,12H2,(H,22,24)/t16-/m0/s1. The summed E-state index contributed by atoms with van der Waals surface area (Å²) in [4.78, 5) is 12.8. The summed E-state index contributed by atoms with van der Waals surface area (Å²) >= 11 is 0. The molecule has 27 heavy (non-hydrogen) atoms. The molecule has 7 nitrogen and oxygen atoms in total. The van der Waals surface area contributed by atoms with Gasteiger partial charge in [0.1, 0.15) is 12.4 Å². The Kier molecular flexibility index (Phi) is 5.11. The highest BCUT2D eigenvalue weighted by Crippen LogP contribution is 2.24. The smallest absolute Gasteiger partial charge is 0.259 e.